The summed E-state index contributed by atoms with van der Waals surface area (Å²) in [5.41, 5.74) is -0.639. The van der Waals surface area contributed by atoms with Gasteiger partial charge in [-0.2, -0.15) is 0 Å². The van der Waals surface area contributed by atoms with Crippen LogP contribution in [-0.2, 0) is 14.4 Å². The van der Waals surface area contributed by atoms with E-state index in [9.17, 15) is 24.7 Å². The van der Waals surface area contributed by atoms with E-state index in [0.29, 0.717) is 11.5 Å². The van der Waals surface area contributed by atoms with E-state index in [-0.39, 0.29) is 13.0 Å². The number of hydrogen-bond acceptors (Lipinski definition) is 4. The van der Waals surface area contributed by atoms with Gasteiger partial charge in [-0.05, 0) is 11.8 Å². The molecule has 0 aliphatic rings. The Hall–Kier alpha value is -1.63. The number of carbonyl (C=O) groups excluding carboxylic acids is 2. The maximum Gasteiger partial charge on any atom is 0.326 e. The smallest absolute Gasteiger partial charge is 0.326 e. The number of nitrogens with zero attached hydrogens (tertiary/aromatic N) is 1. The molecule has 1 unspecified atom stereocenters. The van der Waals surface area contributed by atoms with Crippen LogP contribution in [0.2, 0.25) is 0 Å². The van der Waals surface area contributed by atoms with Crippen molar-refractivity contribution in [3.8, 4) is 0 Å². The fourth-order valence-corrected chi connectivity index (χ4v) is 1.93. The standard InChI is InChI=1S/C14H26N2O5/c1-5-6-7-10(8-16(21)9-17)12(18)15-11(13(19)20)14(2,3)4/h9-11,21H,5-8H2,1-4H3,(H,15,18)(H,19,20)/t10?,11-/m1/s1. The van der Waals surface area contributed by atoms with Crippen molar-refractivity contribution in [3.63, 3.8) is 0 Å². The van der Waals surface area contributed by atoms with E-state index >= 15 is 0 Å². The number of aliphatic carboxylic acids is 1. The molecule has 7 nitrogen and oxygen atoms in total. The van der Waals surface area contributed by atoms with Gasteiger partial charge in [0, 0.05) is 0 Å². The van der Waals surface area contributed by atoms with Crippen molar-refractivity contribution in [2.45, 2.75) is 53.0 Å². The summed E-state index contributed by atoms with van der Waals surface area (Å²) in [6.45, 7) is 6.97. The van der Waals surface area contributed by atoms with Crippen LogP contribution in [0.15, 0.2) is 0 Å². The highest BCUT2D eigenvalue weighted by Crippen LogP contribution is 2.20. The van der Waals surface area contributed by atoms with Crippen LogP contribution in [0.5, 0.6) is 0 Å². The van der Waals surface area contributed by atoms with Gasteiger partial charge in [0.1, 0.15) is 6.04 Å². The van der Waals surface area contributed by atoms with E-state index in [2.05, 4.69) is 5.32 Å². The van der Waals surface area contributed by atoms with Crippen molar-refractivity contribution in [3.05, 3.63) is 0 Å². The van der Waals surface area contributed by atoms with E-state index in [1.165, 1.54) is 0 Å². The van der Waals surface area contributed by atoms with Crippen molar-refractivity contribution in [2.75, 3.05) is 6.54 Å². The molecule has 0 aromatic rings. The fraction of sp³-hybridized carbons (Fsp3) is 0.786. The second-order valence-electron chi connectivity index (χ2n) is 6.21. The molecule has 21 heavy (non-hydrogen) atoms. The molecule has 0 aromatic heterocycles. The van der Waals surface area contributed by atoms with Gasteiger partial charge in [0.2, 0.25) is 12.3 Å². The maximum atomic E-state index is 12.2. The Labute approximate surface area is 125 Å². The molecule has 0 aliphatic heterocycles. The number of nitrogens with one attached hydrogen (secondary N) is 1. The first-order valence-electron chi connectivity index (χ1n) is 7.07. The Morgan fingerprint density at radius 1 is 1.33 bits per heavy atom. The summed E-state index contributed by atoms with van der Waals surface area (Å²) >= 11 is 0. The summed E-state index contributed by atoms with van der Waals surface area (Å²) in [7, 11) is 0. The number of carboxylic acids is 1. The zero-order chi connectivity index (χ0) is 16.6. The van der Waals surface area contributed by atoms with E-state index in [1.54, 1.807) is 20.8 Å². The Bertz CT molecular complexity index is 365. The predicted molar refractivity (Wildman–Crippen MR) is 76.6 cm³/mol. The van der Waals surface area contributed by atoms with Gasteiger partial charge in [0.25, 0.3) is 0 Å². The van der Waals surface area contributed by atoms with Gasteiger partial charge in [-0.25, -0.2) is 9.86 Å². The second-order valence-corrected chi connectivity index (χ2v) is 6.21. The SMILES string of the molecule is CCCCC(CN(O)C=O)C(=O)N[C@H](C(=O)O)C(C)(C)C. The van der Waals surface area contributed by atoms with Crippen molar-refractivity contribution in [1.29, 1.82) is 0 Å². The molecule has 0 saturated carbocycles. The molecule has 7 heteroatoms. The Morgan fingerprint density at radius 2 is 1.90 bits per heavy atom. The number of hydroxylamine groups is 2. The number of rotatable bonds is 9. The Kier molecular flexibility index (Phi) is 7.94. The minimum Gasteiger partial charge on any atom is -0.480 e. The van der Waals surface area contributed by atoms with Crippen molar-refractivity contribution >= 4 is 18.3 Å². The molecule has 0 aromatic carbocycles. The molecular formula is C14H26N2O5. The van der Waals surface area contributed by atoms with Crippen LogP contribution in [-0.4, -0.2) is 46.3 Å². The quantitative estimate of drug-likeness (QED) is 0.337. The third-order valence-electron chi connectivity index (χ3n) is 3.21. The molecule has 0 aliphatic carbocycles. The molecule has 0 saturated heterocycles. The highest BCUT2D eigenvalue weighted by Gasteiger charge is 2.34. The zero-order valence-electron chi connectivity index (χ0n) is 13.1. The average molecular weight is 302 g/mol. The minimum absolute atomic E-state index is 0.147. The summed E-state index contributed by atoms with van der Waals surface area (Å²) in [4.78, 5) is 34.0. The lowest BCUT2D eigenvalue weighted by atomic mass is 9.86. The van der Waals surface area contributed by atoms with Gasteiger partial charge < -0.3 is 10.4 Å². The first-order valence-corrected chi connectivity index (χ1v) is 7.07. The third kappa shape index (κ3) is 7.08. The van der Waals surface area contributed by atoms with Crippen LogP contribution in [0.25, 0.3) is 0 Å². The van der Waals surface area contributed by atoms with E-state index in [4.69, 9.17) is 0 Å². The summed E-state index contributed by atoms with van der Waals surface area (Å²) in [6, 6.07) is -1.03. The molecule has 0 fully saturated rings. The number of unbranched alkanes of at least 4 members (excludes halogenated alkanes) is 1. The number of hydrogen-bond donors (Lipinski definition) is 3. The molecular weight excluding hydrogens is 276 g/mol. The van der Waals surface area contributed by atoms with Crippen LogP contribution in [0.1, 0.15) is 47.0 Å². The first kappa shape index (κ1) is 19.4. The summed E-state index contributed by atoms with van der Waals surface area (Å²) < 4.78 is 0. The van der Waals surface area contributed by atoms with Crippen molar-refractivity contribution in [1.82, 2.24) is 10.4 Å². The zero-order valence-corrected chi connectivity index (χ0v) is 13.1. The van der Waals surface area contributed by atoms with Gasteiger partial charge >= 0.3 is 5.97 Å². The van der Waals surface area contributed by atoms with Crippen LogP contribution < -0.4 is 5.32 Å². The largest absolute Gasteiger partial charge is 0.480 e. The second kappa shape index (κ2) is 8.61. The first-order chi connectivity index (χ1) is 9.63. The lowest BCUT2D eigenvalue weighted by Crippen LogP contribution is -2.51. The predicted octanol–water partition coefficient (Wildman–Crippen LogP) is 1.26. The molecule has 0 rings (SSSR count). The highest BCUT2D eigenvalue weighted by atomic mass is 16.5. The van der Waals surface area contributed by atoms with Gasteiger partial charge in [0.05, 0.1) is 12.5 Å². The van der Waals surface area contributed by atoms with Gasteiger partial charge in [-0.1, -0.05) is 40.5 Å². The van der Waals surface area contributed by atoms with Gasteiger partial charge in [0.15, 0.2) is 0 Å². The molecule has 0 radical (unpaired) electrons. The summed E-state index contributed by atoms with van der Waals surface area (Å²) in [5.74, 6) is -2.21. The van der Waals surface area contributed by atoms with Crippen LogP contribution in [0.3, 0.4) is 0 Å². The van der Waals surface area contributed by atoms with Crippen LogP contribution in [0.4, 0.5) is 0 Å². The van der Waals surface area contributed by atoms with Gasteiger partial charge in [-0.15, -0.1) is 0 Å². The highest BCUT2D eigenvalue weighted by molar-refractivity contribution is 5.85. The van der Waals surface area contributed by atoms with Crippen molar-refractivity contribution < 1.29 is 24.7 Å². The third-order valence-corrected chi connectivity index (χ3v) is 3.21. The molecule has 122 valence electrons. The molecule has 0 heterocycles. The average Bonchev–Trinajstić information content (AvgIpc) is 2.38. The van der Waals surface area contributed by atoms with E-state index in [1.807, 2.05) is 6.92 Å². The maximum absolute atomic E-state index is 12.2. The molecule has 3 N–H and O–H groups in total. The van der Waals surface area contributed by atoms with Crippen molar-refractivity contribution in [2.24, 2.45) is 11.3 Å². The summed E-state index contributed by atoms with van der Waals surface area (Å²) in [6.07, 6.45) is 2.31. The van der Waals surface area contributed by atoms with E-state index in [0.717, 1.165) is 12.8 Å². The number of amides is 2. The molecule has 0 spiro atoms. The monoisotopic (exact) mass is 302 g/mol. The van der Waals surface area contributed by atoms with E-state index < -0.39 is 29.3 Å². The topological polar surface area (TPSA) is 107 Å². The molecule has 2 amide bonds. The van der Waals surface area contributed by atoms with Crippen LogP contribution in [0, 0.1) is 11.3 Å². The van der Waals surface area contributed by atoms with Gasteiger partial charge in [-0.3, -0.25) is 14.8 Å². The summed E-state index contributed by atoms with van der Waals surface area (Å²) in [5, 5.41) is 21.4. The minimum atomic E-state index is -1.11. The fourth-order valence-electron chi connectivity index (χ4n) is 1.93. The van der Waals surface area contributed by atoms with Crippen LogP contribution >= 0.6 is 0 Å². The number of carboxylic acid groups (broad SMARTS) is 1. The normalized spacial score (nSPS) is 14.1. The Morgan fingerprint density at radius 3 is 2.29 bits per heavy atom. The Balaban J connectivity index is 4.92. The number of carbonyl (C=O) groups is 3. The lowest BCUT2D eigenvalue weighted by molar-refractivity contribution is -0.156. The molecule has 0 bridgehead atoms. The molecule has 2 atom stereocenters. The lowest BCUT2D eigenvalue weighted by Gasteiger charge is -2.29.